The number of amides is 1. The summed E-state index contributed by atoms with van der Waals surface area (Å²) in [6, 6.07) is 16.0. The molecule has 8 heteroatoms. The molecule has 5 rings (SSSR count). The van der Waals surface area contributed by atoms with Gasteiger partial charge in [-0.05, 0) is 70.3 Å². The highest BCUT2D eigenvalue weighted by atomic mass is 35.5. The summed E-state index contributed by atoms with van der Waals surface area (Å²) in [5, 5.41) is 3.38. The van der Waals surface area contributed by atoms with Gasteiger partial charge in [0.2, 0.25) is 0 Å². The number of hydrogen-bond donors (Lipinski definition) is 1. The second kappa shape index (κ2) is 10.5. The van der Waals surface area contributed by atoms with E-state index in [1.807, 2.05) is 45.0 Å². The van der Waals surface area contributed by atoms with E-state index in [0.717, 1.165) is 56.0 Å². The third kappa shape index (κ3) is 5.84. The summed E-state index contributed by atoms with van der Waals surface area (Å²) in [4.78, 5) is 19.5. The molecule has 7 nitrogen and oxygen atoms in total. The predicted molar refractivity (Wildman–Crippen MR) is 146 cm³/mol. The molecule has 37 heavy (non-hydrogen) atoms. The van der Waals surface area contributed by atoms with Crippen molar-refractivity contribution in [3.05, 3.63) is 70.6 Å². The fraction of sp³-hybridized carbons (Fsp3) is 0.448. The molecule has 0 radical (unpaired) electrons. The summed E-state index contributed by atoms with van der Waals surface area (Å²) in [6.07, 6.45) is 2.29. The molecule has 1 aromatic heterocycles. The van der Waals surface area contributed by atoms with Crippen LogP contribution in [0.3, 0.4) is 0 Å². The van der Waals surface area contributed by atoms with Crippen molar-refractivity contribution in [2.24, 2.45) is 0 Å². The Balaban J connectivity index is 1.43. The number of halogens is 1. The van der Waals surface area contributed by atoms with Crippen LogP contribution < -0.4 is 5.32 Å². The maximum absolute atomic E-state index is 12.1. The van der Waals surface area contributed by atoms with Crippen molar-refractivity contribution in [3.8, 4) is 11.3 Å². The summed E-state index contributed by atoms with van der Waals surface area (Å²) in [5.41, 5.74) is 4.14. The maximum Gasteiger partial charge on any atom is 0.412 e. The van der Waals surface area contributed by atoms with E-state index in [9.17, 15) is 4.79 Å². The van der Waals surface area contributed by atoms with Crippen LogP contribution in [0.4, 0.5) is 10.5 Å². The molecule has 2 aliphatic rings. The van der Waals surface area contributed by atoms with Gasteiger partial charge in [0, 0.05) is 30.9 Å². The highest BCUT2D eigenvalue weighted by Gasteiger charge is 2.32. The number of aromatic nitrogens is 2. The van der Waals surface area contributed by atoms with E-state index in [0.29, 0.717) is 10.8 Å². The Morgan fingerprint density at radius 2 is 1.76 bits per heavy atom. The van der Waals surface area contributed by atoms with Crippen LogP contribution in [0.15, 0.2) is 48.5 Å². The quantitative estimate of drug-likeness (QED) is 0.435. The van der Waals surface area contributed by atoms with Crippen molar-refractivity contribution in [3.63, 3.8) is 0 Å². The summed E-state index contributed by atoms with van der Waals surface area (Å²) >= 11 is 6.96. The third-order valence-electron chi connectivity index (χ3n) is 6.91. The topological polar surface area (TPSA) is 68.6 Å². The molecular formula is C29H35ClN4O3. The van der Waals surface area contributed by atoms with Gasteiger partial charge in [0.05, 0.1) is 6.10 Å². The molecule has 196 valence electrons. The van der Waals surface area contributed by atoms with E-state index in [-0.39, 0.29) is 12.2 Å². The van der Waals surface area contributed by atoms with Gasteiger partial charge in [-0.2, -0.15) is 0 Å². The largest absolute Gasteiger partial charge is 0.444 e. The van der Waals surface area contributed by atoms with E-state index in [4.69, 9.17) is 26.1 Å². The van der Waals surface area contributed by atoms with Crippen LogP contribution in [-0.2, 0) is 22.4 Å². The number of piperidine rings is 1. The minimum absolute atomic E-state index is 0.179. The number of nitrogens with zero attached hydrogens (tertiary/aromatic N) is 3. The molecular weight excluding hydrogens is 488 g/mol. The number of anilines is 1. The smallest absolute Gasteiger partial charge is 0.412 e. The lowest BCUT2D eigenvalue weighted by Crippen LogP contribution is -2.35. The number of benzene rings is 2. The van der Waals surface area contributed by atoms with Gasteiger partial charge in [0.1, 0.15) is 28.4 Å². The van der Waals surface area contributed by atoms with Crippen LogP contribution in [0.25, 0.3) is 11.3 Å². The minimum Gasteiger partial charge on any atom is -0.444 e. The Morgan fingerprint density at radius 3 is 2.46 bits per heavy atom. The molecule has 2 aromatic carbocycles. The van der Waals surface area contributed by atoms with Crippen LogP contribution in [0.1, 0.15) is 56.7 Å². The highest BCUT2D eigenvalue weighted by molar-refractivity contribution is 6.32. The van der Waals surface area contributed by atoms with Crippen LogP contribution in [0.2, 0.25) is 5.15 Å². The predicted octanol–water partition coefficient (Wildman–Crippen LogP) is 6.31. The maximum atomic E-state index is 12.1. The summed E-state index contributed by atoms with van der Waals surface area (Å²) in [5.74, 6) is 0.847. The monoisotopic (exact) mass is 522 g/mol. The van der Waals surface area contributed by atoms with Gasteiger partial charge in [-0.15, -0.1) is 0 Å². The molecule has 3 heterocycles. The van der Waals surface area contributed by atoms with E-state index in [2.05, 4.69) is 46.1 Å². The van der Waals surface area contributed by atoms with Gasteiger partial charge in [-0.1, -0.05) is 48.0 Å². The molecule has 1 amide bonds. The fourth-order valence-electron chi connectivity index (χ4n) is 5.02. The first-order valence-electron chi connectivity index (χ1n) is 13.0. The normalized spacial score (nSPS) is 18.6. The summed E-state index contributed by atoms with van der Waals surface area (Å²) < 4.78 is 14.2. The number of carbonyl (C=O) groups is 1. The molecule has 1 unspecified atom stereocenters. The van der Waals surface area contributed by atoms with Gasteiger partial charge >= 0.3 is 6.09 Å². The van der Waals surface area contributed by atoms with Crippen molar-refractivity contribution in [1.82, 2.24) is 14.5 Å². The summed E-state index contributed by atoms with van der Waals surface area (Å²) in [7, 11) is 2.16. The molecule has 0 bridgehead atoms. The Labute approximate surface area is 223 Å². The van der Waals surface area contributed by atoms with Crippen LogP contribution in [-0.4, -0.2) is 52.4 Å². The van der Waals surface area contributed by atoms with E-state index < -0.39 is 11.7 Å². The second-order valence-corrected chi connectivity index (χ2v) is 11.3. The molecule has 2 aliphatic heterocycles. The van der Waals surface area contributed by atoms with Crippen LogP contribution in [0.5, 0.6) is 0 Å². The minimum atomic E-state index is -0.559. The number of carbonyl (C=O) groups excluding carboxylic acids is 1. The number of aryl methyl sites for hydroxylation is 1. The molecule has 1 fully saturated rings. The lowest BCUT2D eigenvalue weighted by Gasteiger charge is -2.32. The van der Waals surface area contributed by atoms with E-state index in [1.54, 1.807) is 0 Å². The number of rotatable bonds is 4. The van der Waals surface area contributed by atoms with Crippen molar-refractivity contribution in [2.75, 3.05) is 25.5 Å². The molecule has 1 atom stereocenters. The average molecular weight is 523 g/mol. The molecule has 0 aliphatic carbocycles. The first kappa shape index (κ1) is 25.8. The number of nitrogens with one attached hydrogen (secondary N) is 1. The van der Waals surface area contributed by atoms with Crippen molar-refractivity contribution >= 4 is 23.4 Å². The van der Waals surface area contributed by atoms with Crippen LogP contribution >= 0.6 is 11.6 Å². The lowest BCUT2D eigenvalue weighted by molar-refractivity contribution is -0.0275. The van der Waals surface area contributed by atoms with Gasteiger partial charge in [-0.25, -0.2) is 9.78 Å². The molecule has 1 N–H and O–H groups in total. The van der Waals surface area contributed by atoms with Gasteiger partial charge in [0.15, 0.2) is 0 Å². The molecule has 0 saturated carbocycles. The Morgan fingerprint density at radius 1 is 1.05 bits per heavy atom. The SMILES string of the molecule is CN1CCC(OC2c3ccccc3CCn3c2nc(-c2ccc(NC(=O)OC(C)(C)C)cc2)c3Cl)CC1. The third-order valence-corrected chi connectivity index (χ3v) is 7.29. The number of ether oxygens (including phenoxy) is 2. The van der Waals surface area contributed by atoms with Gasteiger partial charge in [0.25, 0.3) is 0 Å². The molecule has 3 aromatic rings. The first-order chi connectivity index (χ1) is 17.7. The summed E-state index contributed by atoms with van der Waals surface area (Å²) in [6.45, 7) is 8.31. The van der Waals surface area contributed by atoms with Gasteiger partial charge in [-0.3, -0.25) is 5.32 Å². The van der Waals surface area contributed by atoms with E-state index in [1.165, 1.54) is 11.1 Å². The number of imidazole rings is 1. The van der Waals surface area contributed by atoms with Crippen LogP contribution in [0, 0.1) is 0 Å². The number of likely N-dealkylation sites (tertiary alicyclic amines) is 1. The van der Waals surface area contributed by atoms with Crippen molar-refractivity contribution in [2.45, 2.75) is 64.4 Å². The van der Waals surface area contributed by atoms with Gasteiger partial charge < -0.3 is 18.9 Å². The Kier molecular flexibility index (Phi) is 7.30. The first-order valence-corrected chi connectivity index (χ1v) is 13.3. The Hall–Kier alpha value is -2.87. The van der Waals surface area contributed by atoms with E-state index >= 15 is 0 Å². The zero-order chi connectivity index (χ0) is 26.2. The zero-order valence-electron chi connectivity index (χ0n) is 22.0. The fourth-order valence-corrected chi connectivity index (χ4v) is 5.34. The lowest BCUT2D eigenvalue weighted by atomic mass is 10.00. The second-order valence-electron chi connectivity index (χ2n) is 10.9. The zero-order valence-corrected chi connectivity index (χ0v) is 22.7. The standard InChI is InChI=1S/C29H35ClN4O3/c1-29(2,3)37-28(35)31-21-11-9-20(10-12-21)24-26(30)34-18-13-19-7-5-6-8-23(19)25(27(34)32-24)36-22-14-16-33(4)17-15-22/h5-12,22,25H,13-18H2,1-4H3,(H,31,35). The van der Waals surface area contributed by atoms with Crippen molar-refractivity contribution < 1.29 is 14.3 Å². The number of hydrogen-bond acceptors (Lipinski definition) is 5. The molecule has 1 saturated heterocycles. The highest BCUT2D eigenvalue weighted by Crippen LogP contribution is 2.39. The number of fused-ring (bicyclic) bond motifs is 2. The van der Waals surface area contributed by atoms with Crippen molar-refractivity contribution in [1.29, 1.82) is 0 Å². The average Bonchev–Trinajstić information content (AvgIpc) is 3.09. The Bertz CT molecular complexity index is 1260. The molecule has 0 spiro atoms.